The first-order valence-corrected chi connectivity index (χ1v) is 10.5. The molecule has 0 saturated heterocycles. The van der Waals surface area contributed by atoms with Crippen molar-refractivity contribution in [3.8, 4) is 5.75 Å². The number of pyridine rings is 1. The molecule has 3 rings (SSSR count). The van der Waals surface area contributed by atoms with Gasteiger partial charge in [0.05, 0.1) is 6.54 Å². The minimum atomic E-state index is -0.703. The van der Waals surface area contributed by atoms with Crippen LogP contribution in [0, 0.1) is 18.6 Å². The first-order chi connectivity index (χ1) is 14.7. The molecule has 1 heterocycles. The van der Waals surface area contributed by atoms with Gasteiger partial charge in [-0.15, -0.1) is 0 Å². The number of nitrogens with one attached hydrogen (secondary N) is 1. The molecule has 0 aliphatic heterocycles. The molecule has 0 amide bonds. The van der Waals surface area contributed by atoms with Crippen molar-refractivity contribution < 1.29 is 18.6 Å². The Labute approximate surface area is 187 Å². The summed E-state index contributed by atoms with van der Waals surface area (Å²) in [5.74, 6) is -1.07. The molecule has 0 aliphatic carbocycles. The summed E-state index contributed by atoms with van der Waals surface area (Å²) in [6.07, 6.45) is -0.611. The highest BCUT2D eigenvalue weighted by molar-refractivity contribution is 9.10. The molecule has 5 nitrogen and oxygen atoms in total. The molecular weight excluding hydrogens is 470 g/mol. The summed E-state index contributed by atoms with van der Waals surface area (Å²) in [7, 11) is 0. The van der Waals surface area contributed by atoms with Gasteiger partial charge in [-0.1, -0.05) is 24.3 Å². The molecule has 1 aromatic heterocycles. The molecular formula is C23H23BrF2N2O3. The van der Waals surface area contributed by atoms with Crippen molar-refractivity contribution in [3.05, 3.63) is 97.4 Å². The van der Waals surface area contributed by atoms with Crippen LogP contribution >= 0.6 is 15.9 Å². The second-order valence-corrected chi connectivity index (χ2v) is 8.05. The second-order valence-electron chi connectivity index (χ2n) is 7.26. The van der Waals surface area contributed by atoms with Crippen LogP contribution in [-0.2, 0) is 19.7 Å². The van der Waals surface area contributed by atoms with Crippen LogP contribution in [0.2, 0.25) is 0 Å². The van der Waals surface area contributed by atoms with Crippen molar-refractivity contribution in [1.29, 1.82) is 0 Å². The number of hydrogen-bond donors (Lipinski definition) is 2. The van der Waals surface area contributed by atoms with Crippen molar-refractivity contribution in [3.63, 3.8) is 0 Å². The number of aliphatic hydroxyl groups is 1. The Morgan fingerprint density at radius 1 is 1.16 bits per heavy atom. The van der Waals surface area contributed by atoms with E-state index in [9.17, 15) is 18.7 Å². The molecule has 0 bridgehead atoms. The lowest BCUT2D eigenvalue weighted by molar-refractivity contribution is 0.155. The molecule has 0 aliphatic rings. The first kappa shape index (κ1) is 23.1. The van der Waals surface area contributed by atoms with Gasteiger partial charge >= 0.3 is 0 Å². The number of nitrogens with zero attached hydrogens (tertiary/aromatic N) is 1. The Morgan fingerprint density at radius 3 is 2.61 bits per heavy atom. The topological polar surface area (TPSA) is 63.5 Å². The van der Waals surface area contributed by atoms with Crippen LogP contribution in [-0.4, -0.2) is 15.9 Å². The molecule has 0 fully saturated rings. The van der Waals surface area contributed by atoms with Crippen molar-refractivity contribution in [2.75, 3.05) is 0 Å². The van der Waals surface area contributed by atoms with E-state index in [0.29, 0.717) is 18.8 Å². The fourth-order valence-electron chi connectivity index (χ4n) is 3.10. The molecule has 0 spiro atoms. The second kappa shape index (κ2) is 10.2. The predicted molar refractivity (Wildman–Crippen MR) is 118 cm³/mol. The third-order valence-electron chi connectivity index (χ3n) is 4.75. The zero-order chi connectivity index (χ0) is 22.5. The monoisotopic (exact) mass is 492 g/mol. The molecule has 3 aromatic rings. The van der Waals surface area contributed by atoms with E-state index in [1.54, 1.807) is 24.5 Å². The number of rotatable bonds is 8. The lowest BCUT2D eigenvalue weighted by atomic mass is 10.1. The largest absolute Gasteiger partial charge is 0.487 e. The van der Waals surface area contributed by atoms with Gasteiger partial charge in [0.2, 0.25) is 0 Å². The van der Waals surface area contributed by atoms with Crippen molar-refractivity contribution in [2.45, 2.75) is 39.8 Å². The normalized spacial score (nSPS) is 12.1. The zero-order valence-electron chi connectivity index (χ0n) is 17.2. The van der Waals surface area contributed by atoms with E-state index in [0.717, 1.165) is 23.3 Å². The quantitative estimate of drug-likeness (QED) is 0.461. The number of aryl methyl sites for hydroxylation is 1. The fraction of sp³-hybridized carbons (Fsp3) is 0.261. The number of halogens is 3. The first-order valence-electron chi connectivity index (χ1n) is 9.70. The van der Waals surface area contributed by atoms with Crippen LogP contribution in [0.4, 0.5) is 8.78 Å². The third-order valence-corrected chi connectivity index (χ3v) is 5.48. The Morgan fingerprint density at radius 2 is 1.90 bits per heavy atom. The van der Waals surface area contributed by atoms with E-state index in [2.05, 4.69) is 21.2 Å². The maximum Gasteiger partial charge on any atom is 0.269 e. The molecule has 0 saturated carbocycles. The predicted octanol–water partition coefficient (Wildman–Crippen LogP) is 4.25. The van der Waals surface area contributed by atoms with Crippen LogP contribution in [0.25, 0.3) is 0 Å². The van der Waals surface area contributed by atoms with Gasteiger partial charge in [0, 0.05) is 29.9 Å². The summed E-state index contributed by atoms with van der Waals surface area (Å²) in [4.78, 5) is 12.9. The zero-order valence-corrected chi connectivity index (χ0v) is 18.7. The van der Waals surface area contributed by atoms with E-state index in [1.807, 2.05) is 24.3 Å². The van der Waals surface area contributed by atoms with E-state index in [4.69, 9.17) is 4.74 Å². The molecule has 0 radical (unpaired) electrons. The van der Waals surface area contributed by atoms with Gasteiger partial charge in [0.25, 0.3) is 5.56 Å². The van der Waals surface area contributed by atoms with Crippen LogP contribution in [0.15, 0.2) is 57.8 Å². The maximum atomic E-state index is 13.8. The van der Waals surface area contributed by atoms with E-state index < -0.39 is 17.9 Å². The number of hydrogen-bond acceptors (Lipinski definition) is 4. The highest BCUT2D eigenvalue weighted by atomic mass is 79.9. The van der Waals surface area contributed by atoms with E-state index in [-0.39, 0.29) is 28.0 Å². The minimum absolute atomic E-state index is 0.133. The maximum absolute atomic E-state index is 13.8. The summed E-state index contributed by atoms with van der Waals surface area (Å²) < 4.78 is 34.4. The Hall–Kier alpha value is -2.55. The number of aromatic nitrogens is 1. The highest BCUT2D eigenvalue weighted by Crippen LogP contribution is 2.24. The van der Waals surface area contributed by atoms with E-state index >= 15 is 0 Å². The average molecular weight is 493 g/mol. The van der Waals surface area contributed by atoms with Gasteiger partial charge in [-0.05, 0) is 53.0 Å². The smallest absolute Gasteiger partial charge is 0.269 e. The third kappa shape index (κ3) is 6.00. The lowest BCUT2D eigenvalue weighted by Gasteiger charge is -2.15. The summed E-state index contributed by atoms with van der Waals surface area (Å²) in [6.45, 7) is 4.18. The van der Waals surface area contributed by atoms with E-state index in [1.165, 1.54) is 6.07 Å². The number of ether oxygens (including phenoxy) is 1. The van der Waals surface area contributed by atoms with Crippen molar-refractivity contribution >= 4 is 15.9 Å². The van der Waals surface area contributed by atoms with Gasteiger partial charge in [-0.3, -0.25) is 10.1 Å². The summed E-state index contributed by atoms with van der Waals surface area (Å²) in [5, 5.41) is 12.3. The van der Waals surface area contributed by atoms with Gasteiger partial charge in [-0.2, -0.15) is 0 Å². The Bertz CT molecular complexity index is 1130. The highest BCUT2D eigenvalue weighted by Gasteiger charge is 2.14. The Kier molecular flexibility index (Phi) is 7.59. The standard InChI is InChI=1S/C23H23BrF2N2O3/c1-14-8-21(31-13-18-6-7-19(25)10-20(18)26)22(24)23(30)28(14)12-17-5-3-4-16(9-17)11-27-15(2)29/h3-10,15,27,29H,11-13H2,1-2H3. The molecule has 1 unspecified atom stereocenters. The molecule has 1 atom stereocenters. The van der Waals surface area contributed by atoms with Crippen LogP contribution < -0.4 is 15.6 Å². The SMILES string of the molecule is Cc1cc(OCc2ccc(F)cc2F)c(Br)c(=O)n1Cc1cccc(CNC(C)O)c1. The summed E-state index contributed by atoms with van der Waals surface area (Å²) in [6, 6.07) is 12.7. The fourth-order valence-corrected chi connectivity index (χ4v) is 3.54. The van der Waals surface area contributed by atoms with Crippen molar-refractivity contribution in [2.24, 2.45) is 0 Å². The number of benzene rings is 2. The molecule has 2 N–H and O–H groups in total. The van der Waals surface area contributed by atoms with Gasteiger partial charge in [0.15, 0.2) is 0 Å². The van der Waals surface area contributed by atoms with Crippen LogP contribution in [0.3, 0.4) is 0 Å². The molecule has 8 heteroatoms. The molecule has 2 aromatic carbocycles. The lowest BCUT2D eigenvalue weighted by Crippen LogP contribution is -2.25. The van der Waals surface area contributed by atoms with Gasteiger partial charge in [-0.25, -0.2) is 8.78 Å². The average Bonchev–Trinajstić information content (AvgIpc) is 2.72. The van der Waals surface area contributed by atoms with Gasteiger partial charge < -0.3 is 14.4 Å². The van der Waals surface area contributed by atoms with Crippen LogP contribution in [0.5, 0.6) is 5.75 Å². The Balaban J connectivity index is 1.78. The van der Waals surface area contributed by atoms with Gasteiger partial charge in [0.1, 0.15) is 34.7 Å². The minimum Gasteiger partial charge on any atom is -0.487 e. The number of aliphatic hydroxyl groups excluding tert-OH is 1. The summed E-state index contributed by atoms with van der Waals surface area (Å²) in [5.41, 5.74) is 2.52. The summed E-state index contributed by atoms with van der Waals surface area (Å²) >= 11 is 3.29. The molecule has 164 valence electrons. The van der Waals surface area contributed by atoms with Crippen molar-refractivity contribution in [1.82, 2.24) is 9.88 Å². The molecule has 31 heavy (non-hydrogen) atoms. The van der Waals surface area contributed by atoms with Crippen LogP contribution in [0.1, 0.15) is 29.3 Å².